The number of ether oxygens (including phenoxy) is 2. The maximum atomic E-state index is 12.7. The SMILES string of the molecule is COc1cccc(/C=C2\NC(=S)N(c3cccc(OC)c3)C2=O)c1. The summed E-state index contributed by atoms with van der Waals surface area (Å²) in [5.41, 5.74) is 1.92. The van der Waals surface area contributed by atoms with Crippen molar-refractivity contribution in [2.24, 2.45) is 0 Å². The summed E-state index contributed by atoms with van der Waals surface area (Å²) < 4.78 is 10.4. The minimum Gasteiger partial charge on any atom is -0.497 e. The molecule has 0 atom stereocenters. The van der Waals surface area contributed by atoms with E-state index in [-0.39, 0.29) is 5.91 Å². The third kappa shape index (κ3) is 3.09. The number of hydrogen-bond acceptors (Lipinski definition) is 4. The van der Waals surface area contributed by atoms with E-state index in [2.05, 4.69) is 5.32 Å². The van der Waals surface area contributed by atoms with Crippen LogP contribution in [0.25, 0.3) is 6.08 Å². The van der Waals surface area contributed by atoms with E-state index < -0.39 is 0 Å². The summed E-state index contributed by atoms with van der Waals surface area (Å²) in [4.78, 5) is 14.2. The predicted octanol–water partition coefficient (Wildman–Crippen LogP) is 2.97. The van der Waals surface area contributed by atoms with Crippen molar-refractivity contribution in [1.82, 2.24) is 5.32 Å². The summed E-state index contributed by atoms with van der Waals surface area (Å²) in [6.07, 6.45) is 1.75. The molecule has 1 heterocycles. The van der Waals surface area contributed by atoms with Crippen LogP contribution in [0.1, 0.15) is 5.56 Å². The lowest BCUT2D eigenvalue weighted by Gasteiger charge is -2.14. The smallest absolute Gasteiger partial charge is 0.281 e. The highest BCUT2D eigenvalue weighted by Gasteiger charge is 2.32. The van der Waals surface area contributed by atoms with Crippen LogP contribution in [-0.2, 0) is 4.79 Å². The Kier molecular flexibility index (Phi) is 4.48. The van der Waals surface area contributed by atoms with Gasteiger partial charge >= 0.3 is 0 Å². The fourth-order valence-corrected chi connectivity index (χ4v) is 2.72. The molecule has 1 saturated heterocycles. The van der Waals surface area contributed by atoms with Crippen LogP contribution in [-0.4, -0.2) is 25.2 Å². The number of nitrogens with one attached hydrogen (secondary N) is 1. The molecule has 6 heteroatoms. The number of carbonyl (C=O) groups excluding carboxylic acids is 1. The third-order valence-corrected chi connectivity index (χ3v) is 3.88. The second-order valence-corrected chi connectivity index (χ2v) is 5.49. The van der Waals surface area contributed by atoms with E-state index in [0.29, 0.717) is 22.2 Å². The van der Waals surface area contributed by atoms with Crippen LogP contribution in [0.3, 0.4) is 0 Å². The number of rotatable bonds is 4. The Morgan fingerprint density at radius 2 is 1.71 bits per heavy atom. The fourth-order valence-electron chi connectivity index (χ4n) is 2.42. The number of hydrogen-bond donors (Lipinski definition) is 1. The number of methoxy groups -OCH3 is 2. The van der Waals surface area contributed by atoms with Crippen LogP contribution in [0.4, 0.5) is 5.69 Å². The number of anilines is 1. The molecule has 0 bridgehead atoms. The number of amides is 1. The second-order valence-electron chi connectivity index (χ2n) is 5.11. The molecule has 0 spiro atoms. The van der Waals surface area contributed by atoms with Gasteiger partial charge in [-0.15, -0.1) is 0 Å². The Hall–Kier alpha value is -2.86. The molecule has 122 valence electrons. The summed E-state index contributed by atoms with van der Waals surface area (Å²) in [5, 5.41) is 3.30. The topological polar surface area (TPSA) is 50.8 Å². The van der Waals surface area contributed by atoms with Gasteiger partial charge in [-0.3, -0.25) is 9.69 Å². The van der Waals surface area contributed by atoms with Gasteiger partial charge in [0.25, 0.3) is 5.91 Å². The highest BCUT2D eigenvalue weighted by Crippen LogP contribution is 2.26. The molecule has 0 aromatic heterocycles. The van der Waals surface area contributed by atoms with Gasteiger partial charge in [0, 0.05) is 6.07 Å². The molecule has 0 aliphatic carbocycles. The Balaban J connectivity index is 1.92. The first-order valence-electron chi connectivity index (χ1n) is 7.27. The van der Waals surface area contributed by atoms with Crippen molar-refractivity contribution in [1.29, 1.82) is 0 Å². The van der Waals surface area contributed by atoms with Gasteiger partial charge in [-0.05, 0) is 48.1 Å². The molecule has 3 rings (SSSR count). The van der Waals surface area contributed by atoms with Crippen molar-refractivity contribution in [3.63, 3.8) is 0 Å². The summed E-state index contributed by atoms with van der Waals surface area (Å²) >= 11 is 5.31. The summed E-state index contributed by atoms with van der Waals surface area (Å²) in [7, 11) is 3.18. The van der Waals surface area contributed by atoms with Crippen LogP contribution in [0.5, 0.6) is 11.5 Å². The lowest BCUT2D eigenvalue weighted by atomic mass is 10.2. The van der Waals surface area contributed by atoms with E-state index in [4.69, 9.17) is 21.7 Å². The average molecular weight is 340 g/mol. The molecule has 0 radical (unpaired) electrons. The number of nitrogens with zero attached hydrogens (tertiary/aromatic N) is 1. The van der Waals surface area contributed by atoms with Crippen LogP contribution in [0.15, 0.2) is 54.2 Å². The van der Waals surface area contributed by atoms with Crippen molar-refractivity contribution in [2.45, 2.75) is 0 Å². The molecule has 2 aromatic rings. The van der Waals surface area contributed by atoms with E-state index >= 15 is 0 Å². The molecule has 0 unspecified atom stereocenters. The van der Waals surface area contributed by atoms with Gasteiger partial charge in [-0.25, -0.2) is 0 Å². The zero-order chi connectivity index (χ0) is 17.1. The average Bonchev–Trinajstić information content (AvgIpc) is 2.88. The first-order chi connectivity index (χ1) is 11.6. The minimum atomic E-state index is -0.212. The van der Waals surface area contributed by atoms with Gasteiger partial charge in [0.15, 0.2) is 5.11 Å². The van der Waals surface area contributed by atoms with Crippen LogP contribution >= 0.6 is 12.2 Å². The minimum absolute atomic E-state index is 0.212. The maximum Gasteiger partial charge on any atom is 0.281 e. The predicted molar refractivity (Wildman–Crippen MR) is 97.2 cm³/mol. The van der Waals surface area contributed by atoms with Gasteiger partial charge in [0.05, 0.1) is 19.9 Å². The molecule has 24 heavy (non-hydrogen) atoms. The van der Waals surface area contributed by atoms with Gasteiger partial charge in [0.1, 0.15) is 17.2 Å². The molecular weight excluding hydrogens is 324 g/mol. The van der Waals surface area contributed by atoms with Gasteiger partial charge in [-0.2, -0.15) is 0 Å². The normalized spacial score (nSPS) is 15.6. The monoisotopic (exact) mass is 340 g/mol. The Morgan fingerprint density at radius 1 is 1.04 bits per heavy atom. The first kappa shape index (κ1) is 16.0. The highest BCUT2D eigenvalue weighted by atomic mass is 32.1. The summed E-state index contributed by atoms with van der Waals surface area (Å²) in [6.45, 7) is 0. The third-order valence-electron chi connectivity index (χ3n) is 3.59. The molecule has 1 aliphatic rings. The molecule has 1 amide bonds. The number of benzene rings is 2. The molecule has 1 fully saturated rings. The van der Waals surface area contributed by atoms with Crippen LogP contribution < -0.4 is 19.7 Å². The zero-order valence-corrected chi connectivity index (χ0v) is 14.1. The van der Waals surface area contributed by atoms with Crippen LogP contribution in [0, 0.1) is 0 Å². The molecular formula is C18H16N2O3S. The second kappa shape index (κ2) is 6.72. The summed E-state index contributed by atoms with van der Waals surface area (Å²) in [6, 6.07) is 14.6. The molecule has 0 saturated carbocycles. The first-order valence-corrected chi connectivity index (χ1v) is 7.68. The van der Waals surface area contributed by atoms with E-state index in [1.54, 1.807) is 26.4 Å². The van der Waals surface area contributed by atoms with Crippen molar-refractivity contribution in [2.75, 3.05) is 19.1 Å². The molecule has 5 nitrogen and oxygen atoms in total. The molecule has 2 aromatic carbocycles. The zero-order valence-electron chi connectivity index (χ0n) is 13.3. The fraction of sp³-hybridized carbons (Fsp3) is 0.111. The quantitative estimate of drug-likeness (QED) is 0.685. The number of carbonyl (C=O) groups is 1. The Bertz CT molecular complexity index is 833. The molecule has 1 aliphatic heterocycles. The number of thiocarbonyl (C=S) groups is 1. The van der Waals surface area contributed by atoms with Crippen molar-refractivity contribution < 1.29 is 14.3 Å². The van der Waals surface area contributed by atoms with Gasteiger partial charge in [-0.1, -0.05) is 18.2 Å². The van der Waals surface area contributed by atoms with Crippen molar-refractivity contribution in [3.8, 4) is 11.5 Å². The standard InChI is InChI=1S/C18H16N2O3S/c1-22-14-7-3-5-12(9-14)10-16-17(21)20(18(24)19-16)13-6-4-8-15(11-13)23-2/h3-11H,1-2H3,(H,19,24)/b16-10-. The van der Waals surface area contributed by atoms with Gasteiger partial charge < -0.3 is 14.8 Å². The lowest BCUT2D eigenvalue weighted by molar-refractivity contribution is -0.113. The largest absolute Gasteiger partial charge is 0.497 e. The van der Waals surface area contributed by atoms with E-state index in [9.17, 15) is 4.79 Å². The van der Waals surface area contributed by atoms with Gasteiger partial charge in [0.2, 0.25) is 0 Å². The van der Waals surface area contributed by atoms with E-state index in [0.717, 1.165) is 11.3 Å². The highest BCUT2D eigenvalue weighted by molar-refractivity contribution is 7.80. The molecule has 1 N–H and O–H groups in total. The Labute approximate surface area is 145 Å². The summed E-state index contributed by atoms with van der Waals surface area (Å²) in [5.74, 6) is 1.17. The lowest BCUT2D eigenvalue weighted by Crippen LogP contribution is -2.30. The maximum absolute atomic E-state index is 12.7. The Morgan fingerprint density at radius 3 is 2.42 bits per heavy atom. The van der Waals surface area contributed by atoms with Crippen molar-refractivity contribution in [3.05, 3.63) is 59.8 Å². The van der Waals surface area contributed by atoms with Crippen molar-refractivity contribution >= 4 is 35.0 Å². The van der Waals surface area contributed by atoms with E-state index in [1.165, 1.54) is 4.90 Å². The van der Waals surface area contributed by atoms with Crippen LogP contribution in [0.2, 0.25) is 0 Å². The van der Waals surface area contributed by atoms with E-state index in [1.807, 2.05) is 42.5 Å².